The van der Waals surface area contributed by atoms with Crippen molar-refractivity contribution in [3.63, 3.8) is 0 Å². The van der Waals surface area contributed by atoms with Crippen LogP contribution in [0.15, 0.2) is 72.8 Å². The second-order valence-corrected chi connectivity index (χ2v) is 8.49. The molecule has 2 aliphatic heterocycles. The number of benzene rings is 3. The standard InChI is InChI=1S/C27H22N2O/c1-27(2)20-9-3-4-11-23(20)30-26-19(8-5-10-21(26)27)22-15-14-18-13-12-17-7-6-16-28-24(17)25(18)29-22/h3-15,28H,16H2,1-2H3. The van der Waals surface area contributed by atoms with Gasteiger partial charge in [0.2, 0.25) is 0 Å². The first-order chi connectivity index (χ1) is 14.6. The van der Waals surface area contributed by atoms with Crippen LogP contribution in [0.4, 0.5) is 5.69 Å². The summed E-state index contributed by atoms with van der Waals surface area (Å²) in [6.07, 6.45) is 4.30. The van der Waals surface area contributed by atoms with E-state index < -0.39 is 0 Å². The molecule has 0 radical (unpaired) electrons. The van der Waals surface area contributed by atoms with Crippen LogP contribution in [0.25, 0.3) is 28.2 Å². The number of fused-ring (bicyclic) bond motifs is 5. The first-order valence-corrected chi connectivity index (χ1v) is 10.4. The summed E-state index contributed by atoms with van der Waals surface area (Å²) in [5.74, 6) is 1.83. The van der Waals surface area contributed by atoms with Gasteiger partial charge in [0.1, 0.15) is 11.5 Å². The molecule has 0 saturated heterocycles. The Hall–Kier alpha value is -3.59. The largest absolute Gasteiger partial charge is 0.456 e. The summed E-state index contributed by atoms with van der Waals surface area (Å²) in [7, 11) is 0. The summed E-state index contributed by atoms with van der Waals surface area (Å²) in [5, 5.41) is 4.63. The number of hydrogen-bond acceptors (Lipinski definition) is 3. The van der Waals surface area contributed by atoms with E-state index in [4.69, 9.17) is 9.72 Å². The van der Waals surface area contributed by atoms with Crippen molar-refractivity contribution in [1.29, 1.82) is 0 Å². The van der Waals surface area contributed by atoms with Gasteiger partial charge in [-0.1, -0.05) is 74.5 Å². The van der Waals surface area contributed by atoms with Crippen LogP contribution in [-0.2, 0) is 5.41 Å². The Balaban J connectivity index is 1.57. The number of aromatic nitrogens is 1. The molecule has 0 bridgehead atoms. The van der Waals surface area contributed by atoms with Gasteiger partial charge in [-0.15, -0.1) is 0 Å². The molecule has 0 amide bonds. The minimum atomic E-state index is -0.136. The third-order valence-electron chi connectivity index (χ3n) is 6.33. The summed E-state index contributed by atoms with van der Waals surface area (Å²) in [5.41, 5.74) is 7.52. The van der Waals surface area contributed by atoms with Crippen LogP contribution in [0.5, 0.6) is 11.5 Å². The lowest BCUT2D eigenvalue weighted by atomic mass is 9.75. The van der Waals surface area contributed by atoms with Gasteiger partial charge < -0.3 is 10.1 Å². The highest BCUT2D eigenvalue weighted by molar-refractivity contribution is 5.97. The van der Waals surface area contributed by atoms with Gasteiger partial charge in [0.15, 0.2) is 0 Å². The lowest BCUT2D eigenvalue weighted by Gasteiger charge is -2.35. The highest BCUT2D eigenvalue weighted by Gasteiger charge is 2.35. The topological polar surface area (TPSA) is 34.1 Å². The van der Waals surface area contributed by atoms with E-state index in [0.717, 1.165) is 45.9 Å². The van der Waals surface area contributed by atoms with Gasteiger partial charge in [-0.2, -0.15) is 0 Å². The fraction of sp³-hybridized carbons (Fsp3) is 0.148. The minimum absolute atomic E-state index is 0.136. The van der Waals surface area contributed by atoms with Gasteiger partial charge in [0.05, 0.1) is 16.9 Å². The normalized spacial score (nSPS) is 15.5. The SMILES string of the molecule is CC1(C)c2ccccc2Oc2c(-c3ccc4ccc5c(c4n3)NCC=C5)cccc21. The van der Waals surface area contributed by atoms with Crippen LogP contribution in [0.2, 0.25) is 0 Å². The molecule has 3 heterocycles. The molecule has 0 aliphatic carbocycles. The van der Waals surface area contributed by atoms with Crippen LogP contribution < -0.4 is 10.1 Å². The van der Waals surface area contributed by atoms with Crippen molar-refractivity contribution in [3.8, 4) is 22.8 Å². The summed E-state index contributed by atoms with van der Waals surface area (Å²) < 4.78 is 6.46. The molecule has 0 fully saturated rings. The van der Waals surface area contributed by atoms with E-state index in [1.807, 2.05) is 6.07 Å². The number of pyridine rings is 1. The van der Waals surface area contributed by atoms with Crippen molar-refractivity contribution in [2.24, 2.45) is 0 Å². The van der Waals surface area contributed by atoms with Crippen molar-refractivity contribution in [1.82, 2.24) is 4.98 Å². The maximum atomic E-state index is 6.46. The van der Waals surface area contributed by atoms with Crippen LogP contribution in [0.3, 0.4) is 0 Å². The van der Waals surface area contributed by atoms with Crippen molar-refractivity contribution in [2.75, 3.05) is 11.9 Å². The number of rotatable bonds is 1. The number of para-hydroxylation sites is 2. The quantitative estimate of drug-likeness (QED) is 0.389. The number of ether oxygens (including phenoxy) is 1. The predicted molar refractivity (Wildman–Crippen MR) is 123 cm³/mol. The van der Waals surface area contributed by atoms with Gasteiger partial charge >= 0.3 is 0 Å². The lowest BCUT2D eigenvalue weighted by molar-refractivity contribution is 0.419. The van der Waals surface area contributed by atoms with Crippen LogP contribution >= 0.6 is 0 Å². The zero-order chi connectivity index (χ0) is 20.3. The second-order valence-electron chi connectivity index (χ2n) is 8.49. The van der Waals surface area contributed by atoms with Gasteiger partial charge in [0.25, 0.3) is 0 Å². The van der Waals surface area contributed by atoms with Crippen molar-refractivity contribution >= 4 is 22.7 Å². The van der Waals surface area contributed by atoms with Gasteiger partial charge in [0, 0.05) is 34.0 Å². The fourth-order valence-electron chi connectivity index (χ4n) is 4.69. The molecule has 0 atom stereocenters. The van der Waals surface area contributed by atoms with E-state index in [2.05, 4.69) is 92.0 Å². The summed E-state index contributed by atoms with van der Waals surface area (Å²) in [6.45, 7) is 5.35. The molecule has 146 valence electrons. The van der Waals surface area contributed by atoms with Gasteiger partial charge in [-0.3, -0.25) is 0 Å². The Kier molecular flexibility index (Phi) is 3.57. The van der Waals surface area contributed by atoms with Crippen LogP contribution in [0, 0.1) is 0 Å². The summed E-state index contributed by atoms with van der Waals surface area (Å²) in [6, 6.07) is 23.2. The van der Waals surface area contributed by atoms with E-state index in [9.17, 15) is 0 Å². The zero-order valence-electron chi connectivity index (χ0n) is 17.1. The molecule has 6 rings (SSSR count). The Labute approximate surface area is 176 Å². The fourth-order valence-corrected chi connectivity index (χ4v) is 4.69. The third-order valence-corrected chi connectivity index (χ3v) is 6.33. The van der Waals surface area contributed by atoms with Crippen molar-refractivity contribution < 1.29 is 4.74 Å². The van der Waals surface area contributed by atoms with Gasteiger partial charge in [-0.25, -0.2) is 4.98 Å². The Morgan fingerprint density at radius 3 is 2.67 bits per heavy atom. The van der Waals surface area contributed by atoms with Crippen LogP contribution in [-0.4, -0.2) is 11.5 Å². The average molecular weight is 390 g/mol. The van der Waals surface area contributed by atoms with Crippen LogP contribution in [0.1, 0.15) is 30.5 Å². The van der Waals surface area contributed by atoms with E-state index in [-0.39, 0.29) is 5.41 Å². The number of anilines is 1. The smallest absolute Gasteiger partial charge is 0.140 e. The number of nitrogens with one attached hydrogen (secondary N) is 1. The molecule has 0 spiro atoms. The summed E-state index contributed by atoms with van der Waals surface area (Å²) in [4.78, 5) is 5.09. The maximum Gasteiger partial charge on any atom is 0.140 e. The zero-order valence-corrected chi connectivity index (χ0v) is 17.1. The van der Waals surface area contributed by atoms with Crippen molar-refractivity contribution in [2.45, 2.75) is 19.3 Å². The van der Waals surface area contributed by atoms with E-state index in [1.165, 1.54) is 16.7 Å². The summed E-state index contributed by atoms with van der Waals surface area (Å²) >= 11 is 0. The highest BCUT2D eigenvalue weighted by atomic mass is 16.5. The Morgan fingerprint density at radius 2 is 1.73 bits per heavy atom. The average Bonchev–Trinajstić information content (AvgIpc) is 2.78. The van der Waals surface area contributed by atoms with E-state index in [1.54, 1.807) is 0 Å². The second kappa shape index (κ2) is 6.20. The Morgan fingerprint density at radius 1 is 0.900 bits per heavy atom. The van der Waals surface area contributed by atoms with Gasteiger partial charge in [-0.05, 0) is 23.8 Å². The Bertz CT molecular complexity index is 1350. The molecule has 3 heteroatoms. The van der Waals surface area contributed by atoms with E-state index in [0.29, 0.717) is 0 Å². The molecule has 0 unspecified atom stereocenters. The molecule has 1 N–H and O–H groups in total. The molecule has 2 aliphatic rings. The molecule has 4 aromatic rings. The molecule has 3 nitrogen and oxygen atoms in total. The molecule has 30 heavy (non-hydrogen) atoms. The van der Waals surface area contributed by atoms with Crippen molar-refractivity contribution in [3.05, 3.63) is 89.5 Å². The maximum absolute atomic E-state index is 6.46. The molecule has 1 aromatic heterocycles. The predicted octanol–water partition coefficient (Wildman–Crippen LogP) is 6.77. The van der Waals surface area contributed by atoms with E-state index >= 15 is 0 Å². The number of hydrogen-bond donors (Lipinski definition) is 1. The molecular weight excluding hydrogens is 368 g/mol. The first kappa shape index (κ1) is 17.3. The molecule has 0 saturated carbocycles. The molecular formula is C27H22N2O. The molecule has 3 aromatic carbocycles. The monoisotopic (exact) mass is 390 g/mol. The number of nitrogens with zero attached hydrogens (tertiary/aromatic N) is 1. The lowest BCUT2D eigenvalue weighted by Crippen LogP contribution is -2.24. The first-order valence-electron chi connectivity index (χ1n) is 10.4. The highest BCUT2D eigenvalue weighted by Crippen LogP contribution is 2.50. The third kappa shape index (κ3) is 2.42. The minimum Gasteiger partial charge on any atom is -0.456 e.